The molecule has 1 aliphatic rings. The summed E-state index contributed by atoms with van der Waals surface area (Å²) in [4.78, 5) is 16.4. The standard InChI is InChI=1S/C17H24N6O2S/c1-4-13(15-10-20-17-14(22-15)7-8-19-17)16(18-2)21-12-6-5-9-23(11-12)26(3,24)25/h4,7-8,10,12H,5-6,9,11H2,1-3H3,(H,18,21)(H,19,20)/b13-4-/t12-/m0/s1. The fourth-order valence-electron chi connectivity index (χ4n) is 3.18. The normalized spacial score (nSPS) is 20.5. The second-order valence-corrected chi connectivity index (χ2v) is 8.33. The van der Waals surface area contributed by atoms with Crippen LogP contribution in [-0.2, 0) is 10.0 Å². The first-order valence-electron chi connectivity index (χ1n) is 8.58. The number of hydrogen-bond acceptors (Lipinski definition) is 5. The minimum atomic E-state index is -3.18. The number of sulfonamides is 1. The summed E-state index contributed by atoms with van der Waals surface area (Å²) in [6.07, 6.45) is 8.42. The fraction of sp³-hybridized carbons (Fsp3) is 0.471. The lowest BCUT2D eigenvalue weighted by atomic mass is 10.1. The van der Waals surface area contributed by atoms with E-state index in [0.29, 0.717) is 18.9 Å². The van der Waals surface area contributed by atoms with E-state index in [-0.39, 0.29) is 6.04 Å². The van der Waals surface area contributed by atoms with E-state index >= 15 is 0 Å². The van der Waals surface area contributed by atoms with Gasteiger partial charge in [0.1, 0.15) is 11.4 Å². The molecule has 9 heteroatoms. The summed E-state index contributed by atoms with van der Waals surface area (Å²) in [5, 5.41) is 3.40. The SMILES string of the molecule is C/C=C(\C(=NC)N[C@H]1CCCN(S(C)(=O)=O)C1)c1cnc2[nH]ccc2n1. The monoisotopic (exact) mass is 376 g/mol. The topological polar surface area (TPSA) is 103 Å². The zero-order valence-electron chi connectivity index (χ0n) is 15.2. The predicted molar refractivity (Wildman–Crippen MR) is 103 cm³/mol. The van der Waals surface area contributed by atoms with Crippen LogP contribution in [0.4, 0.5) is 0 Å². The second-order valence-electron chi connectivity index (χ2n) is 6.35. The van der Waals surface area contributed by atoms with Gasteiger partial charge in [-0.15, -0.1) is 0 Å². The first-order chi connectivity index (χ1) is 12.4. The molecule has 2 N–H and O–H groups in total. The van der Waals surface area contributed by atoms with Gasteiger partial charge in [-0.05, 0) is 25.8 Å². The third kappa shape index (κ3) is 3.94. The first kappa shape index (κ1) is 18.5. The summed E-state index contributed by atoms with van der Waals surface area (Å²) >= 11 is 0. The van der Waals surface area contributed by atoms with Crippen molar-refractivity contribution in [1.82, 2.24) is 24.6 Å². The zero-order chi connectivity index (χ0) is 18.7. The van der Waals surface area contributed by atoms with Crippen molar-refractivity contribution in [3.05, 3.63) is 30.2 Å². The average molecular weight is 376 g/mol. The number of aromatic amines is 1. The number of H-pyrrole nitrogens is 1. The zero-order valence-corrected chi connectivity index (χ0v) is 16.0. The van der Waals surface area contributed by atoms with Crippen molar-refractivity contribution in [1.29, 1.82) is 0 Å². The number of aromatic nitrogens is 3. The summed E-state index contributed by atoms with van der Waals surface area (Å²) < 4.78 is 25.2. The Balaban J connectivity index is 1.80. The molecule has 0 unspecified atom stereocenters. The number of rotatable bonds is 4. The van der Waals surface area contributed by atoms with E-state index < -0.39 is 10.0 Å². The molecule has 8 nitrogen and oxygen atoms in total. The Morgan fingerprint density at radius 3 is 3.00 bits per heavy atom. The quantitative estimate of drug-likeness (QED) is 0.620. The van der Waals surface area contributed by atoms with E-state index in [1.807, 2.05) is 19.1 Å². The fourth-order valence-corrected chi connectivity index (χ4v) is 4.10. The number of nitrogens with one attached hydrogen (secondary N) is 2. The lowest BCUT2D eigenvalue weighted by Gasteiger charge is -2.32. The molecule has 0 saturated carbocycles. The van der Waals surface area contributed by atoms with Crippen molar-refractivity contribution < 1.29 is 8.42 Å². The summed E-state index contributed by atoms with van der Waals surface area (Å²) in [7, 11) is -1.47. The third-order valence-electron chi connectivity index (χ3n) is 4.50. The largest absolute Gasteiger partial charge is 0.366 e. The van der Waals surface area contributed by atoms with Crippen molar-refractivity contribution in [2.24, 2.45) is 4.99 Å². The summed E-state index contributed by atoms with van der Waals surface area (Å²) in [6, 6.07) is 1.89. The number of fused-ring (bicyclic) bond motifs is 1. The molecule has 0 spiro atoms. The predicted octanol–water partition coefficient (Wildman–Crippen LogP) is 1.40. The van der Waals surface area contributed by atoms with Gasteiger partial charge in [0.05, 0.1) is 18.1 Å². The van der Waals surface area contributed by atoms with Gasteiger partial charge in [0.15, 0.2) is 5.65 Å². The molecule has 0 radical (unpaired) electrons. The van der Waals surface area contributed by atoms with Crippen LogP contribution in [0.2, 0.25) is 0 Å². The van der Waals surface area contributed by atoms with Gasteiger partial charge in [0, 0.05) is 37.9 Å². The highest BCUT2D eigenvalue weighted by Gasteiger charge is 2.27. The molecule has 2 aromatic rings. The lowest BCUT2D eigenvalue weighted by Crippen LogP contribution is -2.49. The van der Waals surface area contributed by atoms with Gasteiger partial charge >= 0.3 is 0 Å². The van der Waals surface area contributed by atoms with E-state index in [9.17, 15) is 8.42 Å². The van der Waals surface area contributed by atoms with Gasteiger partial charge in [-0.3, -0.25) is 4.99 Å². The van der Waals surface area contributed by atoms with Crippen molar-refractivity contribution in [3.8, 4) is 0 Å². The van der Waals surface area contributed by atoms with Crippen LogP contribution in [-0.4, -0.2) is 65.9 Å². The van der Waals surface area contributed by atoms with E-state index in [0.717, 1.165) is 35.3 Å². The number of nitrogens with zero attached hydrogens (tertiary/aromatic N) is 4. The maximum atomic E-state index is 11.8. The summed E-state index contributed by atoms with van der Waals surface area (Å²) in [6.45, 7) is 2.94. The molecule has 1 fully saturated rings. The van der Waals surface area contributed by atoms with Crippen molar-refractivity contribution in [2.45, 2.75) is 25.8 Å². The Morgan fingerprint density at radius 2 is 2.31 bits per heavy atom. The van der Waals surface area contributed by atoms with Gasteiger partial charge < -0.3 is 10.3 Å². The summed E-state index contributed by atoms with van der Waals surface area (Å²) in [5.74, 6) is 0.692. The summed E-state index contributed by atoms with van der Waals surface area (Å²) in [5.41, 5.74) is 3.10. The molecule has 140 valence electrons. The van der Waals surface area contributed by atoms with E-state index in [1.54, 1.807) is 19.4 Å². The highest BCUT2D eigenvalue weighted by Crippen LogP contribution is 2.18. The van der Waals surface area contributed by atoms with Crippen LogP contribution >= 0.6 is 0 Å². The van der Waals surface area contributed by atoms with Gasteiger partial charge in [-0.25, -0.2) is 22.7 Å². The van der Waals surface area contributed by atoms with E-state index in [1.165, 1.54) is 10.6 Å². The smallest absolute Gasteiger partial charge is 0.211 e. The second kappa shape index (κ2) is 7.55. The van der Waals surface area contributed by atoms with Crippen LogP contribution in [0.5, 0.6) is 0 Å². The average Bonchev–Trinajstić information content (AvgIpc) is 3.09. The number of allylic oxidation sites excluding steroid dienone is 1. The maximum absolute atomic E-state index is 11.8. The van der Waals surface area contributed by atoms with Crippen LogP contribution < -0.4 is 5.32 Å². The Bertz CT molecular complexity index is 947. The molecule has 3 rings (SSSR count). The van der Waals surface area contributed by atoms with Crippen LogP contribution in [0.1, 0.15) is 25.5 Å². The van der Waals surface area contributed by atoms with Gasteiger partial charge in [0.2, 0.25) is 10.0 Å². The number of amidine groups is 1. The highest BCUT2D eigenvalue weighted by molar-refractivity contribution is 7.88. The third-order valence-corrected chi connectivity index (χ3v) is 5.77. The number of piperidine rings is 1. The van der Waals surface area contributed by atoms with Crippen LogP contribution in [0.25, 0.3) is 16.7 Å². The molecule has 3 heterocycles. The Hall–Kier alpha value is -2.26. The van der Waals surface area contributed by atoms with Crippen LogP contribution in [0.3, 0.4) is 0 Å². The molecule has 1 aliphatic heterocycles. The highest BCUT2D eigenvalue weighted by atomic mass is 32.2. The van der Waals surface area contributed by atoms with Crippen molar-refractivity contribution in [3.63, 3.8) is 0 Å². The minimum Gasteiger partial charge on any atom is -0.366 e. The van der Waals surface area contributed by atoms with E-state index in [2.05, 4.69) is 25.3 Å². The van der Waals surface area contributed by atoms with Crippen LogP contribution in [0.15, 0.2) is 29.5 Å². The number of aliphatic imine (C=N–C) groups is 1. The first-order valence-corrected chi connectivity index (χ1v) is 10.4. The molecule has 0 aliphatic carbocycles. The Kier molecular flexibility index (Phi) is 5.38. The maximum Gasteiger partial charge on any atom is 0.211 e. The van der Waals surface area contributed by atoms with Crippen molar-refractivity contribution >= 4 is 32.6 Å². The molecule has 2 aromatic heterocycles. The van der Waals surface area contributed by atoms with Crippen molar-refractivity contribution in [2.75, 3.05) is 26.4 Å². The van der Waals surface area contributed by atoms with Gasteiger partial charge in [0.25, 0.3) is 0 Å². The molecule has 26 heavy (non-hydrogen) atoms. The minimum absolute atomic E-state index is 0.0103. The Labute approximate surface area is 153 Å². The molecular formula is C17H24N6O2S. The molecule has 0 bridgehead atoms. The van der Waals surface area contributed by atoms with E-state index in [4.69, 9.17) is 0 Å². The molecular weight excluding hydrogens is 352 g/mol. The molecule has 0 amide bonds. The van der Waals surface area contributed by atoms with Crippen LogP contribution in [0, 0.1) is 0 Å². The molecule has 0 aromatic carbocycles. The van der Waals surface area contributed by atoms with Gasteiger partial charge in [-0.1, -0.05) is 6.08 Å². The number of hydrogen-bond donors (Lipinski definition) is 2. The Morgan fingerprint density at radius 1 is 1.50 bits per heavy atom. The molecule has 1 saturated heterocycles. The molecule has 1 atom stereocenters. The lowest BCUT2D eigenvalue weighted by molar-refractivity contribution is 0.304. The van der Waals surface area contributed by atoms with Gasteiger partial charge in [-0.2, -0.15) is 0 Å².